The van der Waals surface area contributed by atoms with Gasteiger partial charge in [-0.1, -0.05) is 19.1 Å². The number of benzene rings is 1. The van der Waals surface area contributed by atoms with Crippen LogP contribution in [0.4, 0.5) is 4.39 Å². The fourth-order valence-corrected chi connectivity index (χ4v) is 1.19. The van der Waals surface area contributed by atoms with Crippen molar-refractivity contribution >= 4 is 17.7 Å². The fraction of sp³-hybridized carbons (Fsp3) is 0.222. The van der Waals surface area contributed by atoms with Crippen LogP contribution < -0.4 is 0 Å². The summed E-state index contributed by atoms with van der Waals surface area (Å²) in [6.45, 7) is 1.84. The Morgan fingerprint density at radius 1 is 1.58 bits per heavy atom. The van der Waals surface area contributed by atoms with Crippen LogP contribution in [0, 0.1) is 5.82 Å². The Morgan fingerprint density at radius 2 is 2.25 bits per heavy atom. The summed E-state index contributed by atoms with van der Waals surface area (Å²) in [6.07, 6.45) is 0.584. The Bertz CT molecular complexity index is 309. The normalized spacial score (nSPS) is 9.92. The molecule has 12 heavy (non-hydrogen) atoms. The average Bonchev–Trinajstić information content (AvgIpc) is 2.04. The van der Waals surface area contributed by atoms with E-state index in [1.165, 1.54) is 6.07 Å². The van der Waals surface area contributed by atoms with Crippen molar-refractivity contribution in [2.45, 2.75) is 13.3 Å². The Hall–Kier alpha value is -0.830. The van der Waals surface area contributed by atoms with E-state index in [2.05, 4.69) is 12.6 Å². The van der Waals surface area contributed by atoms with Crippen LogP contribution in [-0.4, -0.2) is 5.12 Å². The second-order valence-electron chi connectivity index (χ2n) is 2.44. The molecule has 0 bridgehead atoms. The standard InChI is InChI=1S/C9H9FOS/c1-2-6-4-3-5-7(8(6)10)9(11)12/h3-5H,2H2,1H3,(H,11,12). The van der Waals surface area contributed by atoms with Crippen molar-refractivity contribution in [2.75, 3.05) is 0 Å². The van der Waals surface area contributed by atoms with E-state index < -0.39 is 10.9 Å². The maximum Gasteiger partial charge on any atom is 0.219 e. The second kappa shape index (κ2) is 3.72. The van der Waals surface area contributed by atoms with Gasteiger partial charge in [0, 0.05) is 0 Å². The van der Waals surface area contributed by atoms with E-state index in [9.17, 15) is 9.18 Å². The molecule has 0 atom stereocenters. The number of carbonyl (C=O) groups excluding carboxylic acids is 1. The highest BCUT2D eigenvalue weighted by molar-refractivity contribution is 7.97. The highest BCUT2D eigenvalue weighted by atomic mass is 32.1. The first kappa shape index (κ1) is 9.26. The van der Waals surface area contributed by atoms with Crippen LogP contribution in [0.15, 0.2) is 18.2 Å². The summed E-state index contributed by atoms with van der Waals surface area (Å²) in [5, 5.41) is -0.525. The Balaban J connectivity index is 3.23. The molecule has 0 aromatic heterocycles. The first-order chi connectivity index (χ1) is 5.66. The van der Waals surface area contributed by atoms with Gasteiger partial charge in [-0.15, -0.1) is 12.6 Å². The van der Waals surface area contributed by atoms with Gasteiger partial charge < -0.3 is 0 Å². The molecule has 0 amide bonds. The topological polar surface area (TPSA) is 17.1 Å². The second-order valence-corrected chi connectivity index (χ2v) is 2.84. The number of carbonyl (C=O) groups is 1. The Morgan fingerprint density at radius 3 is 2.75 bits per heavy atom. The van der Waals surface area contributed by atoms with Crippen molar-refractivity contribution in [3.05, 3.63) is 35.1 Å². The molecule has 0 aliphatic rings. The van der Waals surface area contributed by atoms with Gasteiger partial charge in [0.25, 0.3) is 0 Å². The van der Waals surface area contributed by atoms with Crippen LogP contribution in [0.2, 0.25) is 0 Å². The van der Waals surface area contributed by atoms with Crippen molar-refractivity contribution in [1.29, 1.82) is 0 Å². The quantitative estimate of drug-likeness (QED) is 0.699. The minimum absolute atomic E-state index is 0.0534. The van der Waals surface area contributed by atoms with E-state index in [0.29, 0.717) is 12.0 Å². The van der Waals surface area contributed by atoms with E-state index in [-0.39, 0.29) is 5.56 Å². The molecule has 1 nitrogen and oxygen atoms in total. The molecule has 1 aromatic rings. The van der Waals surface area contributed by atoms with Crippen molar-refractivity contribution in [2.24, 2.45) is 0 Å². The predicted octanol–water partition coefficient (Wildman–Crippen LogP) is 2.46. The molecule has 0 spiro atoms. The van der Waals surface area contributed by atoms with Gasteiger partial charge in [0.05, 0.1) is 5.56 Å². The highest BCUT2D eigenvalue weighted by Crippen LogP contribution is 2.14. The summed E-state index contributed by atoms with van der Waals surface area (Å²) in [6, 6.07) is 4.75. The third kappa shape index (κ3) is 1.67. The third-order valence-corrected chi connectivity index (χ3v) is 1.93. The van der Waals surface area contributed by atoms with Gasteiger partial charge >= 0.3 is 0 Å². The molecule has 3 heteroatoms. The van der Waals surface area contributed by atoms with Gasteiger partial charge in [0.1, 0.15) is 5.82 Å². The number of hydrogen-bond acceptors (Lipinski definition) is 1. The Kier molecular flexibility index (Phi) is 2.87. The lowest BCUT2D eigenvalue weighted by Gasteiger charge is -2.01. The smallest absolute Gasteiger partial charge is 0.219 e. The minimum atomic E-state index is -0.525. The van der Waals surface area contributed by atoms with Gasteiger partial charge in [-0.25, -0.2) is 4.39 Å². The van der Waals surface area contributed by atoms with Crippen molar-refractivity contribution in [3.8, 4) is 0 Å². The highest BCUT2D eigenvalue weighted by Gasteiger charge is 2.09. The van der Waals surface area contributed by atoms with E-state index in [1.807, 2.05) is 6.92 Å². The fourth-order valence-electron chi connectivity index (χ4n) is 1.02. The summed E-state index contributed by atoms with van der Waals surface area (Å²) in [7, 11) is 0. The van der Waals surface area contributed by atoms with E-state index in [4.69, 9.17) is 0 Å². The zero-order chi connectivity index (χ0) is 9.14. The average molecular weight is 184 g/mol. The van der Waals surface area contributed by atoms with Crippen molar-refractivity contribution in [3.63, 3.8) is 0 Å². The minimum Gasteiger partial charge on any atom is -0.282 e. The number of hydrogen-bond donors (Lipinski definition) is 1. The molecule has 0 heterocycles. The maximum absolute atomic E-state index is 13.3. The van der Waals surface area contributed by atoms with Crippen molar-refractivity contribution in [1.82, 2.24) is 0 Å². The monoisotopic (exact) mass is 184 g/mol. The number of rotatable bonds is 2. The Labute approximate surface area is 76.0 Å². The SMILES string of the molecule is CCc1cccc(C(=O)S)c1F. The third-order valence-electron chi connectivity index (χ3n) is 1.69. The predicted molar refractivity (Wildman–Crippen MR) is 49.1 cm³/mol. The van der Waals surface area contributed by atoms with E-state index in [1.54, 1.807) is 12.1 Å². The van der Waals surface area contributed by atoms with Crippen LogP contribution in [0.1, 0.15) is 22.8 Å². The van der Waals surface area contributed by atoms with E-state index >= 15 is 0 Å². The van der Waals surface area contributed by atoms with Crippen LogP contribution >= 0.6 is 12.6 Å². The van der Waals surface area contributed by atoms with Gasteiger partial charge in [0.2, 0.25) is 5.12 Å². The van der Waals surface area contributed by atoms with Gasteiger partial charge in [-0.3, -0.25) is 4.79 Å². The molecule has 0 fully saturated rings. The zero-order valence-electron chi connectivity index (χ0n) is 6.67. The molecular formula is C9H9FOS. The molecule has 0 saturated carbocycles. The molecule has 0 aliphatic carbocycles. The first-order valence-electron chi connectivity index (χ1n) is 3.67. The van der Waals surface area contributed by atoms with Crippen LogP contribution in [0.3, 0.4) is 0 Å². The lowest BCUT2D eigenvalue weighted by Crippen LogP contribution is -1.98. The number of aryl methyl sites for hydroxylation is 1. The summed E-state index contributed by atoms with van der Waals surface area (Å²) < 4.78 is 13.3. The largest absolute Gasteiger partial charge is 0.282 e. The molecule has 0 unspecified atom stereocenters. The summed E-state index contributed by atoms with van der Waals surface area (Å²) >= 11 is 3.56. The van der Waals surface area contributed by atoms with Gasteiger partial charge in [0.15, 0.2) is 0 Å². The lowest BCUT2D eigenvalue weighted by atomic mass is 10.1. The molecule has 0 saturated heterocycles. The summed E-state index contributed by atoms with van der Waals surface area (Å²) in [4.78, 5) is 10.8. The van der Waals surface area contributed by atoms with Crippen LogP contribution in [0.25, 0.3) is 0 Å². The van der Waals surface area contributed by atoms with Gasteiger partial charge in [-0.05, 0) is 18.1 Å². The number of thiol groups is 1. The molecule has 0 N–H and O–H groups in total. The summed E-state index contributed by atoms with van der Waals surface area (Å²) in [5.41, 5.74) is 0.604. The maximum atomic E-state index is 13.3. The molecule has 1 rings (SSSR count). The molecular weight excluding hydrogens is 175 g/mol. The van der Waals surface area contributed by atoms with Gasteiger partial charge in [-0.2, -0.15) is 0 Å². The zero-order valence-corrected chi connectivity index (χ0v) is 7.57. The number of halogens is 1. The summed E-state index contributed by atoms with van der Waals surface area (Å²) in [5.74, 6) is -0.444. The molecule has 0 radical (unpaired) electrons. The molecule has 64 valence electrons. The first-order valence-corrected chi connectivity index (χ1v) is 4.12. The lowest BCUT2D eigenvalue weighted by molar-refractivity contribution is 0.108. The van der Waals surface area contributed by atoms with Crippen molar-refractivity contribution < 1.29 is 9.18 Å². The van der Waals surface area contributed by atoms with E-state index in [0.717, 1.165) is 0 Å². The van der Waals surface area contributed by atoms with Crippen LogP contribution in [0.5, 0.6) is 0 Å². The molecule has 0 aliphatic heterocycles. The van der Waals surface area contributed by atoms with Crippen LogP contribution in [-0.2, 0) is 6.42 Å². The molecule has 1 aromatic carbocycles.